The number of halogens is 1. The molecule has 5 nitrogen and oxygen atoms in total. The van der Waals surface area contributed by atoms with Gasteiger partial charge < -0.3 is 10.6 Å². The maximum Gasteiger partial charge on any atom is 0.278 e. The molecule has 0 atom stereocenters. The van der Waals surface area contributed by atoms with E-state index in [1.54, 1.807) is 23.7 Å². The molecule has 0 bridgehead atoms. The van der Waals surface area contributed by atoms with Crippen molar-refractivity contribution in [3.05, 3.63) is 34.0 Å². The highest BCUT2D eigenvalue weighted by atomic mass is 79.9. The molecule has 0 aliphatic rings. The molecule has 2 aromatic heterocycles. The number of hydrogen-bond acceptors (Lipinski definition) is 5. The molecule has 2 rings (SSSR count). The molecule has 94 valence electrons. The minimum atomic E-state index is -0.266. The lowest BCUT2D eigenvalue weighted by atomic mass is 10.4. The summed E-state index contributed by atoms with van der Waals surface area (Å²) in [4.78, 5) is 20.2. The van der Waals surface area contributed by atoms with Crippen LogP contribution in [0.5, 0.6) is 0 Å². The van der Waals surface area contributed by atoms with E-state index in [-0.39, 0.29) is 5.91 Å². The van der Waals surface area contributed by atoms with Gasteiger partial charge in [-0.3, -0.25) is 4.79 Å². The Balaban J connectivity index is 2.14. The highest BCUT2D eigenvalue weighted by Gasteiger charge is 2.15. The van der Waals surface area contributed by atoms with Crippen LogP contribution in [0, 0.1) is 0 Å². The van der Waals surface area contributed by atoms with E-state index in [2.05, 4.69) is 36.5 Å². The first-order valence-corrected chi connectivity index (χ1v) is 6.99. The minimum absolute atomic E-state index is 0.266. The molecular weight excluding hydrogens is 316 g/mol. The number of carbonyl (C=O) groups is 1. The van der Waals surface area contributed by atoms with Crippen molar-refractivity contribution >= 4 is 44.0 Å². The minimum Gasteiger partial charge on any atom is -0.375 e. The number of aromatic nitrogens is 2. The van der Waals surface area contributed by atoms with Gasteiger partial charge in [0.1, 0.15) is 15.4 Å². The number of anilines is 2. The molecule has 7 heteroatoms. The number of rotatable bonds is 4. The molecule has 2 aromatic rings. The Morgan fingerprint density at radius 2 is 2.33 bits per heavy atom. The van der Waals surface area contributed by atoms with Crippen LogP contribution in [0.25, 0.3) is 0 Å². The molecule has 0 aromatic carbocycles. The summed E-state index contributed by atoms with van der Waals surface area (Å²) in [5.74, 6) is 0.225. The summed E-state index contributed by atoms with van der Waals surface area (Å²) >= 11 is 4.66. The molecular formula is C11H11BrN4OS. The van der Waals surface area contributed by atoms with Crippen LogP contribution >= 0.6 is 27.3 Å². The summed E-state index contributed by atoms with van der Waals surface area (Å²) in [5, 5.41) is 6.58. The van der Waals surface area contributed by atoms with Gasteiger partial charge in [0.25, 0.3) is 5.91 Å². The van der Waals surface area contributed by atoms with Crippen molar-refractivity contribution in [2.24, 2.45) is 0 Å². The Morgan fingerprint density at radius 1 is 1.50 bits per heavy atom. The van der Waals surface area contributed by atoms with Crippen molar-refractivity contribution in [2.45, 2.75) is 6.92 Å². The van der Waals surface area contributed by atoms with E-state index in [9.17, 15) is 4.79 Å². The lowest BCUT2D eigenvalue weighted by Crippen LogP contribution is -2.15. The molecule has 0 radical (unpaired) electrons. The number of nitrogens with zero attached hydrogens (tertiary/aromatic N) is 2. The van der Waals surface area contributed by atoms with Crippen molar-refractivity contribution in [2.75, 3.05) is 17.2 Å². The summed E-state index contributed by atoms with van der Waals surface area (Å²) in [6.45, 7) is 2.72. The Kier molecular flexibility index (Phi) is 4.27. The van der Waals surface area contributed by atoms with E-state index in [1.165, 1.54) is 11.3 Å². The Labute approximate surface area is 117 Å². The van der Waals surface area contributed by atoms with E-state index < -0.39 is 0 Å². The molecule has 0 saturated carbocycles. The molecule has 18 heavy (non-hydrogen) atoms. The van der Waals surface area contributed by atoms with Crippen molar-refractivity contribution in [1.82, 2.24) is 9.97 Å². The predicted octanol–water partition coefficient (Wildman–Crippen LogP) is 2.98. The smallest absolute Gasteiger partial charge is 0.278 e. The third-order valence-electron chi connectivity index (χ3n) is 2.08. The predicted molar refractivity (Wildman–Crippen MR) is 76.2 cm³/mol. The van der Waals surface area contributed by atoms with Gasteiger partial charge in [-0.15, -0.1) is 11.3 Å². The van der Waals surface area contributed by atoms with Crippen LogP contribution in [-0.2, 0) is 0 Å². The number of amides is 1. The lowest BCUT2D eigenvalue weighted by molar-refractivity contribution is 0.102. The molecule has 0 aliphatic heterocycles. The van der Waals surface area contributed by atoms with Crippen LogP contribution in [0.2, 0.25) is 0 Å². The summed E-state index contributed by atoms with van der Waals surface area (Å²) in [5.41, 5.74) is 2.03. The number of hydrogen-bond donors (Lipinski definition) is 2. The first kappa shape index (κ1) is 13.0. The average molecular weight is 327 g/mol. The second kappa shape index (κ2) is 5.92. The van der Waals surface area contributed by atoms with Crippen molar-refractivity contribution in [1.29, 1.82) is 0 Å². The third-order valence-corrected chi connectivity index (χ3v) is 3.30. The molecule has 2 heterocycles. The monoisotopic (exact) mass is 326 g/mol. The molecule has 0 saturated heterocycles. The number of pyridine rings is 1. The SMILES string of the molecule is CCNc1scnc1C(=O)Nc1cccc(Br)n1. The first-order valence-electron chi connectivity index (χ1n) is 5.32. The fourth-order valence-corrected chi connectivity index (χ4v) is 2.44. The van der Waals surface area contributed by atoms with Gasteiger partial charge in [-0.25, -0.2) is 9.97 Å². The van der Waals surface area contributed by atoms with E-state index in [4.69, 9.17) is 0 Å². The van der Waals surface area contributed by atoms with Gasteiger partial charge in [0.05, 0.1) is 5.51 Å². The van der Waals surface area contributed by atoms with Crippen molar-refractivity contribution in [3.8, 4) is 0 Å². The summed E-state index contributed by atoms with van der Waals surface area (Å²) in [6, 6.07) is 5.32. The van der Waals surface area contributed by atoms with Crippen LogP contribution in [0.3, 0.4) is 0 Å². The Bertz CT molecular complexity index is 557. The zero-order valence-corrected chi connectivity index (χ0v) is 12.0. The summed E-state index contributed by atoms with van der Waals surface area (Å²) in [6.07, 6.45) is 0. The van der Waals surface area contributed by atoms with E-state index >= 15 is 0 Å². The lowest BCUT2D eigenvalue weighted by Gasteiger charge is -2.05. The summed E-state index contributed by atoms with van der Waals surface area (Å²) in [7, 11) is 0. The van der Waals surface area contributed by atoms with Gasteiger partial charge in [0.15, 0.2) is 5.69 Å². The van der Waals surface area contributed by atoms with Gasteiger partial charge in [-0.1, -0.05) is 6.07 Å². The third kappa shape index (κ3) is 3.05. The fraction of sp³-hybridized carbons (Fsp3) is 0.182. The zero-order valence-electron chi connectivity index (χ0n) is 9.61. The van der Waals surface area contributed by atoms with Crippen LogP contribution in [0.1, 0.15) is 17.4 Å². The van der Waals surface area contributed by atoms with Crippen LogP contribution in [0.15, 0.2) is 28.3 Å². The largest absolute Gasteiger partial charge is 0.375 e. The number of nitrogens with one attached hydrogen (secondary N) is 2. The topological polar surface area (TPSA) is 66.9 Å². The maximum absolute atomic E-state index is 12.0. The molecule has 2 N–H and O–H groups in total. The number of carbonyl (C=O) groups excluding carboxylic acids is 1. The molecule has 0 spiro atoms. The van der Waals surface area contributed by atoms with Crippen LogP contribution in [-0.4, -0.2) is 22.4 Å². The average Bonchev–Trinajstić information content (AvgIpc) is 2.78. The van der Waals surface area contributed by atoms with Gasteiger partial charge >= 0.3 is 0 Å². The second-order valence-electron chi connectivity index (χ2n) is 3.36. The van der Waals surface area contributed by atoms with Gasteiger partial charge in [0.2, 0.25) is 0 Å². The molecule has 1 amide bonds. The Hall–Kier alpha value is -1.47. The van der Waals surface area contributed by atoms with Crippen LogP contribution < -0.4 is 10.6 Å². The fourth-order valence-electron chi connectivity index (χ4n) is 1.35. The molecule has 0 fully saturated rings. The van der Waals surface area contributed by atoms with Crippen LogP contribution in [0.4, 0.5) is 10.8 Å². The highest BCUT2D eigenvalue weighted by molar-refractivity contribution is 9.10. The highest BCUT2D eigenvalue weighted by Crippen LogP contribution is 2.21. The van der Waals surface area contributed by atoms with Gasteiger partial charge in [-0.2, -0.15) is 0 Å². The standard InChI is InChI=1S/C11H11BrN4OS/c1-2-13-11-9(14-6-18-11)10(17)16-8-5-3-4-7(12)15-8/h3-6,13H,2H2,1H3,(H,15,16,17). The first-order chi connectivity index (χ1) is 8.70. The van der Waals surface area contributed by atoms with E-state index in [0.717, 1.165) is 11.5 Å². The molecule has 0 unspecified atom stereocenters. The second-order valence-corrected chi connectivity index (χ2v) is 5.03. The van der Waals surface area contributed by atoms with Crippen molar-refractivity contribution in [3.63, 3.8) is 0 Å². The normalized spacial score (nSPS) is 10.1. The zero-order chi connectivity index (χ0) is 13.0. The molecule has 0 aliphatic carbocycles. The van der Waals surface area contributed by atoms with Crippen molar-refractivity contribution < 1.29 is 4.79 Å². The van der Waals surface area contributed by atoms with E-state index in [0.29, 0.717) is 16.1 Å². The summed E-state index contributed by atoms with van der Waals surface area (Å²) < 4.78 is 0.672. The number of thiazole rings is 1. The van der Waals surface area contributed by atoms with E-state index in [1.807, 2.05) is 6.92 Å². The maximum atomic E-state index is 12.0. The van der Waals surface area contributed by atoms with Gasteiger partial charge in [0, 0.05) is 6.54 Å². The quantitative estimate of drug-likeness (QED) is 0.847. The Morgan fingerprint density at radius 3 is 3.06 bits per heavy atom. The van der Waals surface area contributed by atoms with Gasteiger partial charge in [-0.05, 0) is 35.0 Å².